The molecular formula is C21H39IN2O5Si2. The van der Waals surface area contributed by atoms with Gasteiger partial charge in [0.1, 0.15) is 12.3 Å². The Balaban J connectivity index is 2.71. The summed E-state index contributed by atoms with van der Waals surface area (Å²) < 4.78 is 15.2. The molecule has 0 saturated carbocycles. The van der Waals surface area contributed by atoms with Gasteiger partial charge in [0, 0.05) is 11.7 Å². The molecule has 2 unspecified atom stereocenters. The van der Waals surface area contributed by atoms with Gasteiger partial charge in [0.2, 0.25) is 0 Å². The molecule has 1 aromatic rings. The lowest BCUT2D eigenvalue weighted by atomic mass is 10.2. The van der Waals surface area contributed by atoms with Crippen LogP contribution >= 0.6 is 22.6 Å². The maximum Gasteiger partial charge on any atom is 0.330 e. The molecule has 1 saturated heterocycles. The zero-order valence-electron chi connectivity index (χ0n) is 20.5. The number of halogens is 1. The highest BCUT2D eigenvalue weighted by molar-refractivity contribution is 14.1. The fourth-order valence-electron chi connectivity index (χ4n) is 3.70. The first-order valence-corrected chi connectivity index (χ1v) is 17.9. The molecular weight excluding hydrogens is 543 g/mol. The van der Waals surface area contributed by atoms with Crippen LogP contribution in [-0.2, 0) is 9.16 Å². The van der Waals surface area contributed by atoms with Crippen molar-refractivity contribution in [2.75, 3.05) is 6.61 Å². The molecule has 2 heterocycles. The number of rotatable bonds is 5. The number of aliphatic hydroxyl groups is 1. The molecule has 0 radical (unpaired) electrons. The fraction of sp³-hybridized carbons (Fsp3) is 0.810. The van der Waals surface area contributed by atoms with Crippen molar-refractivity contribution < 1.29 is 14.3 Å². The molecule has 2 rings (SSSR count). The summed E-state index contributed by atoms with van der Waals surface area (Å²) in [6.45, 7) is 22.1. The third-order valence-corrected chi connectivity index (χ3v) is 19.1. The summed E-state index contributed by atoms with van der Waals surface area (Å²) in [6.07, 6.45) is 0.101. The zero-order valence-corrected chi connectivity index (χ0v) is 24.7. The van der Waals surface area contributed by atoms with Crippen molar-refractivity contribution in [2.24, 2.45) is 0 Å². The summed E-state index contributed by atoms with van der Waals surface area (Å²) in [5.41, 5.74) is -0.988. The Bertz CT molecular complexity index is 914. The van der Waals surface area contributed by atoms with E-state index in [1.165, 1.54) is 4.57 Å². The Kier molecular flexibility index (Phi) is 7.68. The van der Waals surface area contributed by atoms with Gasteiger partial charge in [-0.25, -0.2) is 4.79 Å². The van der Waals surface area contributed by atoms with E-state index in [-0.39, 0.29) is 28.3 Å². The molecule has 2 N–H and O–H groups in total. The number of aromatic amines is 1. The number of aromatic nitrogens is 2. The topological polar surface area (TPSA) is 93.6 Å². The average Bonchev–Trinajstić information content (AvgIpc) is 2.94. The van der Waals surface area contributed by atoms with E-state index in [9.17, 15) is 14.7 Å². The smallest absolute Gasteiger partial charge is 0.330 e. The predicted octanol–water partition coefficient (Wildman–Crippen LogP) is 4.30. The van der Waals surface area contributed by atoms with Crippen LogP contribution in [0.4, 0.5) is 0 Å². The van der Waals surface area contributed by atoms with E-state index < -0.39 is 40.0 Å². The summed E-state index contributed by atoms with van der Waals surface area (Å²) in [4.78, 5) is 27.2. The van der Waals surface area contributed by atoms with Crippen molar-refractivity contribution in [3.8, 4) is 0 Å². The lowest BCUT2D eigenvalue weighted by molar-refractivity contribution is -0.0440. The second kappa shape index (κ2) is 8.82. The van der Waals surface area contributed by atoms with Crippen LogP contribution in [0.5, 0.6) is 0 Å². The van der Waals surface area contributed by atoms with Gasteiger partial charge in [0.05, 0.1) is 24.4 Å². The summed E-state index contributed by atoms with van der Waals surface area (Å²) >= 11 is 1.93. The number of ether oxygens (including phenoxy) is 1. The molecule has 178 valence electrons. The molecule has 1 aliphatic rings. The maximum atomic E-state index is 12.8. The van der Waals surface area contributed by atoms with Crippen molar-refractivity contribution in [2.45, 2.75) is 102 Å². The minimum absolute atomic E-state index is 0.00237. The van der Waals surface area contributed by atoms with Gasteiger partial charge in [0.25, 0.3) is 5.56 Å². The second-order valence-electron chi connectivity index (χ2n) is 11.7. The average molecular weight is 583 g/mol. The number of H-pyrrole nitrogens is 1. The molecule has 1 aliphatic heterocycles. The van der Waals surface area contributed by atoms with Gasteiger partial charge in [-0.05, 0) is 45.8 Å². The molecule has 7 nitrogen and oxygen atoms in total. The Hall–Kier alpha value is -0.276. The Morgan fingerprint density at radius 2 is 1.68 bits per heavy atom. The van der Waals surface area contributed by atoms with Gasteiger partial charge >= 0.3 is 5.69 Å². The van der Waals surface area contributed by atoms with Gasteiger partial charge in [-0.2, -0.15) is 0 Å². The van der Waals surface area contributed by atoms with Crippen LogP contribution < -0.4 is 11.2 Å². The molecule has 0 amide bonds. The van der Waals surface area contributed by atoms with Crippen LogP contribution in [0.25, 0.3) is 0 Å². The Labute approximate surface area is 201 Å². The van der Waals surface area contributed by atoms with E-state index in [4.69, 9.17) is 9.16 Å². The summed E-state index contributed by atoms with van der Waals surface area (Å²) in [5.74, 6) is 0. The van der Waals surface area contributed by atoms with Crippen molar-refractivity contribution >= 4 is 39.0 Å². The van der Waals surface area contributed by atoms with Crippen molar-refractivity contribution in [1.82, 2.24) is 9.55 Å². The van der Waals surface area contributed by atoms with Gasteiger partial charge in [-0.15, -0.1) is 0 Å². The molecule has 1 fully saturated rings. The van der Waals surface area contributed by atoms with Crippen LogP contribution in [0.2, 0.25) is 41.8 Å². The zero-order chi connectivity index (χ0) is 24.2. The highest BCUT2D eigenvalue weighted by Gasteiger charge is 2.59. The minimum atomic E-state index is -2.19. The van der Waals surface area contributed by atoms with Crippen LogP contribution in [0.15, 0.2) is 15.8 Å². The van der Waals surface area contributed by atoms with E-state index in [1.807, 2.05) is 22.6 Å². The predicted molar refractivity (Wildman–Crippen MR) is 138 cm³/mol. The van der Waals surface area contributed by atoms with Crippen molar-refractivity contribution in [1.29, 1.82) is 0 Å². The maximum absolute atomic E-state index is 12.8. The first kappa shape index (κ1) is 27.0. The lowest BCUT2D eigenvalue weighted by Crippen LogP contribution is -2.54. The van der Waals surface area contributed by atoms with Crippen LogP contribution in [0, 0.1) is 3.57 Å². The van der Waals surface area contributed by atoms with E-state index in [2.05, 4.69) is 72.7 Å². The molecule has 0 aliphatic carbocycles. The Morgan fingerprint density at radius 1 is 1.13 bits per heavy atom. The molecule has 1 aromatic heterocycles. The van der Waals surface area contributed by atoms with Crippen LogP contribution in [-0.4, -0.2) is 49.9 Å². The lowest BCUT2D eigenvalue weighted by Gasteiger charge is -2.48. The largest absolute Gasteiger partial charge is 0.411 e. The van der Waals surface area contributed by atoms with Gasteiger partial charge in [-0.1, -0.05) is 54.6 Å². The standard InChI is InChI=1S/C21H39IN2O5Si2/c1-20(2,3)30(7,8)16-15(29-31(9,10)21(4,5)6)14(12-25)28-18(16)24-11-13(22)17(26)23-19(24)27/h11,14-16,18,25H,12H2,1-10H3,(H,23,26,27)/t14-,15?,16?,18-/m0/s1. The van der Waals surface area contributed by atoms with Crippen LogP contribution in [0.3, 0.4) is 0 Å². The normalized spacial score (nSPS) is 25.8. The van der Waals surface area contributed by atoms with E-state index in [1.54, 1.807) is 6.20 Å². The van der Waals surface area contributed by atoms with E-state index in [0.717, 1.165) is 0 Å². The summed E-state index contributed by atoms with van der Waals surface area (Å²) in [6, 6.07) is 0. The van der Waals surface area contributed by atoms with E-state index in [0.29, 0.717) is 3.57 Å². The van der Waals surface area contributed by atoms with Gasteiger partial charge < -0.3 is 14.3 Å². The number of aliphatic hydroxyl groups excluding tert-OH is 1. The monoisotopic (exact) mass is 582 g/mol. The van der Waals surface area contributed by atoms with Gasteiger partial charge in [-0.3, -0.25) is 14.3 Å². The third-order valence-electron chi connectivity index (χ3n) is 7.72. The summed E-state index contributed by atoms with van der Waals surface area (Å²) in [5, 5.41) is 10.2. The molecule has 4 atom stereocenters. The third kappa shape index (κ3) is 5.13. The fourth-order valence-corrected chi connectivity index (χ4v) is 8.66. The Morgan fingerprint density at radius 3 is 2.13 bits per heavy atom. The van der Waals surface area contributed by atoms with E-state index >= 15 is 0 Å². The van der Waals surface area contributed by atoms with Crippen molar-refractivity contribution in [3.05, 3.63) is 30.6 Å². The molecule has 0 bridgehead atoms. The molecule has 10 heteroatoms. The number of hydrogen-bond donors (Lipinski definition) is 2. The number of nitrogens with zero attached hydrogens (tertiary/aromatic N) is 1. The molecule has 31 heavy (non-hydrogen) atoms. The highest BCUT2D eigenvalue weighted by atomic mass is 127. The SMILES string of the molecule is CC(C)(C)[Si](C)(C)OC1C([Si](C)(C)C(C)(C)C)[C@@H](n2cc(I)c(=O)[nH]c2=O)O[C@H]1CO. The molecule has 0 spiro atoms. The number of hydrogen-bond acceptors (Lipinski definition) is 5. The molecule has 0 aromatic carbocycles. The number of nitrogens with one attached hydrogen (secondary N) is 1. The highest BCUT2D eigenvalue weighted by Crippen LogP contribution is 2.56. The van der Waals surface area contributed by atoms with Crippen LogP contribution in [0.1, 0.15) is 47.8 Å². The van der Waals surface area contributed by atoms with Gasteiger partial charge in [0.15, 0.2) is 8.32 Å². The quantitative estimate of drug-likeness (QED) is 0.399. The second-order valence-corrected chi connectivity index (χ2v) is 23.3. The van der Waals surface area contributed by atoms with Crippen molar-refractivity contribution in [3.63, 3.8) is 0 Å². The minimum Gasteiger partial charge on any atom is -0.411 e. The summed E-state index contributed by atoms with van der Waals surface area (Å²) in [7, 11) is -4.33. The first-order chi connectivity index (χ1) is 13.8. The first-order valence-electron chi connectivity index (χ1n) is 10.8.